The second-order valence-corrected chi connectivity index (χ2v) is 6.39. The van der Waals surface area contributed by atoms with Gasteiger partial charge in [0.15, 0.2) is 0 Å². The van der Waals surface area contributed by atoms with Crippen molar-refractivity contribution in [3.05, 3.63) is 12.2 Å². The predicted octanol–water partition coefficient (Wildman–Crippen LogP) is 0.275. The zero-order valence-electron chi connectivity index (χ0n) is 9.25. The summed E-state index contributed by atoms with van der Waals surface area (Å²) in [7, 11) is -6.76. The monoisotopic (exact) mass is 272 g/mol. The van der Waals surface area contributed by atoms with Crippen LogP contribution < -0.4 is 0 Å². The molecule has 0 N–H and O–H groups in total. The first kappa shape index (κ1) is 15.6. The third-order valence-corrected chi connectivity index (χ3v) is 2.52. The van der Waals surface area contributed by atoms with Gasteiger partial charge in [0, 0.05) is 0 Å². The van der Waals surface area contributed by atoms with E-state index >= 15 is 0 Å². The van der Waals surface area contributed by atoms with Gasteiger partial charge in [0.2, 0.25) is 0 Å². The number of hydrogen-bond donors (Lipinski definition) is 0. The molecule has 0 rings (SSSR count). The lowest BCUT2D eigenvalue weighted by atomic mass is 10.3. The molecule has 8 heteroatoms. The molecular weight excluding hydrogens is 256 g/mol. The Morgan fingerprint density at radius 3 is 1.38 bits per heavy atom. The van der Waals surface area contributed by atoms with E-state index < -0.39 is 20.2 Å². The van der Waals surface area contributed by atoms with E-state index in [0.29, 0.717) is 12.8 Å². The first-order chi connectivity index (χ1) is 7.21. The van der Waals surface area contributed by atoms with Crippen molar-refractivity contribution in [2.45, 2.75) is 12.8 Å². The highest BCUT2D eigenvalue weighted by Gasteiger charge is 1.99. The largest absolute Gasteiger partial charge is 0.270 e. The van der Waals surface area contributed by atoms with Gasteiger partial charge >= 0.3 is 0 Å². The van der Waals surface area contributed by atoms with Gasteiger partial charge in [-0.1, -0.05) is 12.2 Å². The average Bonchev–Trinajstić information content (AvgIpc) is 2.06. The molecule has 0 atom stereocenters. The summed E-state index contributed by atoms with van der Waals surface area (Å²) in [6.07, 6.45) is 6.28. The smallest absolute Gasteiger partial charge is 0.264 e. The summed E-state index contributed by atoms with van der Waals surface area (Å²) in [4.78, 5) is 0. The average molecular weight is 272 g/mol. The van der Waals surface area contributed by atoms with Crippen LogP contribution in [0, 0.1) is 0 Å². The van der Waals surface area contributed by atoms with Gasteiger partial charge in [-0.25, -0.2) is 0 Å². The van der Waals surface area contributed by atoms with E-state index in [0.717, 1.165) is 12.5 Å². The van der Waals surface area contributed by atoms with Gasteiger partial charge in [0.05, 0.1) is 25.7 Å². The Morgan fingerprint density at radius 2 is 1.12 bits per heavy atom. The summed E-state index contributed by atoms with van der Waals surface area (Å²) in [6.45, 7) is 0.171. The van der Waals surface area contributed by atoms with E-state index in [2.05, 4.69) is 8.37 Å². The summed E-state index contributed by atoms with van der Waals surface area (Å²) in [5, 5.41) is 0. The van der Waals surface area contributed by atoms with Gasteiger partial charge in [-0.3, -0.25) is 8.37 Å². The van der Waals surface area contributed by atoms with Crippen LogP contribution in [-0.4, -0.2) is 42.6 Å². The molecule has 0 fully saturated rings. The fraction of sp³-hybridized carbons (Fsp3) is 0.750. The van der Waals surface area contributed by atoms with E-state index in [9.17, 15) is 16.8 Å². The second kappa shape index (κ2) is 7.00. The van der Waals surface area contributed by atoms with E-state index in [1.165, 1.54) is 0 Å². The fourth-order valence-corrected chi connectivity index (χ4v) is 1.57. The Morgan fingerprint density at radius 1 is 0.812 bits per heavy atom. The van der Waals surface area contributed by atoms with Gasteiger partial charge in [-0.15, -0.1) is 0 Å². The van der Waals surface area contributed by atoms with Crippen molar-refractivity contribution in [1.82, 2.24) is 0 Å². The van der Waals surface area contributed by atoms with Crippen molar-refractivity contribution >= 4 is 20.2 Å². The predicted molar refractivity (Wildman–Crippen MR) is 60.0 cm³/mol. The molecule has 0 heterocycles. The van der Waals surface area contributed by atoms with Crippen LogP contribution in [0.5, 0.6) is 0 Å². The van der Waals surface area contributed by atoms with Crippen LogP contribution >= 0.6 is 0 Å². The third kappa shape index (κ3) is 13.6. The standard InChI is InChI=1S/C8H16O6S2/c1-15(9,10)13-7-5-3-4-6-8-14-16(2,11)12/h3-4H,5-8H2,1-2H3/b4-3+. The van der Waals surface area contributed by atoms with E-state index in [4.69, 9.17) is 0 Å². The minimum Gasteiger partial charge on any atom is -0.270 e. The van der Waals surface area contributed by atoms with Crippen LogP contribution in [0.1, 0.15) is 12.8 Å². The van der Waals surface area contributed by atoms with Crippen molar-refractivity contribution in [3.63, 3.8) is 0 Å². The first-order valence-electron chi connectivity index (χ1n) is 4.54. The highest BCUT2D eigenvalue weighted by atomic mass is 32.2. The molecule has 0 aliphatic heterocycles. The number of rotatable bonds is 8. The Bertz CT molecular complexity index is 366. The highest BCUT2D eigenvalue weighted by molar-refractivity contribution is 7.86. The van der Waals surface area contributed by atoms with E-state index in [1.54, 1.807) is 12.2 Å². The molecule has 0 spiro atoms. The molecule has 96 valence electrons. The van der Waals surface area contributed by atoms with Gasteiger partial charge in [-0.05, 0) is 12.8 Å². The van der Waals surface area contributed by atoms with E-state index in [-0.39, 0.29) is 13.2 Å². The molecule has 0 saturated heterocycles. The maximum Gasteiger partial charge on any atom is 0.264 e. The van der Waals surface area contributed by atoms with Gasteiger partial charge in [0.25, 0.3) is 20.2 Å². The van der Waals surface area contributed by atoms with Crippen molar-refractivity contribution < 1.29 is 25.2 Å². The zero-order chi connectivity index (χ0) is 12.7. The Hall–Kier alpha value is -0.440. The van der Waals surface area contributed by atoms with Gasteiger partial charge < -0.3 is 0 Å². The quantitative estimate of drug-likeness (QED) is 0.358. The molecule has 0 unspecified atom stereocenters. The highest BCUT2D eigenvalue weighted by Crippen LogP contribution is 1.94. The van der Waals surface area contributed by atoms with Crippen LogP contribution in [0.2, 0.25) is 0 Å². The summed E-state index contributed by atoms with van der Waals surface area (Å²) in [5.74, 6) is 0. The van der Waals surface area contributed by atoms with Crippen molar-refractivity contribution in [3.8, 4) is 0 Å². The SMILES string of the molecule is CS(=O)(=O)OCC/C=C/CCOS(C)(=O)=O. The Kier molecular flexibility index (Phi) is 6.81. The maximum absolute atomic E-state index is 10.5. The molecular formula is C8H16O6S2. The molecule has 0 amide bonds. The molecule has 6 nitrogen and oxygen atoms in total. The fourth-order valence-electron chi connectivity index (χ4n) is 0.771. The summed E-state index contributed by atoms with van der Waals surface area (Å²) in [6, 6.07) is 0. The molecule has 0 saturated carbocycles. The van der Waals surface area contributed by atoms with Crippen LogP contribution in [0.4, 0.5) is 0 Å². The van der Waals surface area contributed by atoms with Crippen molar-refractivity contribution in [2.24, 2.45) is 0 Å². The summed E-state index contributed by atoms with van der Waals surface area (Å²) >= 11 is 0. The molecule has 0 aliphatic carbocycles. The molecule has 0 radical (unpaired) electrons. The summed E-state index contributed by atoms with van der Waals surface area (Å²) in [5.41, 5.74) is 0. The zero-order valence-corrected chi connectivity index (χ0v) is 10.9. The lowest BCUT2D eigenvalue weighted by Crippen LogP contribution is -2.03. The molecule has 0 aliphatic rings. The van der Waals surface area contributed by atoms with Crippen molar-refractivity contribution in [1.29, 1.82) is 0 Å². The van der Waals surface area contributed by atoms with E-state index in [1.807, 2.05) is 0 Å². The van der Waals surface area contributed by atoms with Crippen LogP contribution in [0.15, 0.2) is 12.2 Å². The lowest BCUT2D eigenvalue weighted by molar-refractivity contribution is 0.324. The molecule has 16 heavy (non-hydrogen) atoms. The Balaban J connectivity index is 3.50. The van der Waals surface area contributed by atoms with Gasteiger partial charge in [-0.2, -0.15) is 16.8 Å². The lowest BCUT2D eigenvalue weighted by Gasteiger charge is -1.98. The molecule has 0 aromatic heterocycles. The minimum atomic E-state index is -3.38. The first-order valence-corrected chi connectivity index (χ1v) is 8.18. The number of hydrogen-bond acceptors (Lipinski definition) is 6. The minimum absolute atomic E-state index is 0.0856. The molecule has 0 aromatic rings. The molecule has 0 bridgehead atoms. The molecule has 0 aromatic carbocycles. The second-order valence-electron chi connectivity index (χ2n) is 3.10. The maximum atomic E-state index is 10.5. The normalized spacial score (nSPS) is 13.4. The van der Waals surface area contributed by atoms with Crippen LogP contribution in [0.3, 0.4) is 0 Å². The van der Waals surface area contributed by atoms with Crippen LogP contribution in [0.25, 0.3) is 0 Å². The van der Waals surface area contributed by atoms with Gasteiger partial charge in [0.1, 0.15) is 0 Å². The van der Waals surface area contributed by atoms with Crippen molar-refractivity contribution in [2.75, 3.05) is 25.7 Å². The van der Waals surface area contributed by atoms with Crippen LogP contribution in [-0.2, 0) is 28.6 Å². The topological polar surface area (TPSA) is 86.7 Å². The summed E-state index contributed by atoms with van der Waals surface area (Å²) < 4.78 is 51.1. The Labute approximate surface area is 96.5 Å². The third-order valence-electron chi connectivity index (χ3n) is 1.33.